The first-order chi connectivity index (χ1) is 6.27. The minimum atomic E-state index is -0.199. The van der Waals surface area contributed by atoms with Crippen LogP contribution in [-0.4, -0.2) is 21.5 Å². The van der Waals surface area contributed by atoms with Crippen LogP contribution < -0.4 is 0 Å². The Balaban J connectivity index is 2.44. The number of nitrogens with zero attached hydrogens (tertiary/aromatic N) is 1. The van der Waals surface area contributed by atoms with Gasteiger partial charge < -0.3 is 4.98 Å². The first-order valence-electron chi connectivity index (χ1n) is 3.75. The van der Waals surface area contributed by atoms with E-state index >= 15 is 0 Å². The van der Waals surface area contributed by atoms with E-state index in [2.05, 4.69) is 9.97 Å². The normalized spacial score (nSPS) is 16.2. The predicted octanol–water partition coefficient (Wildman–Crippen LogP) is 0.501. The van der Waals surface area contributed by atoms with E-state index in [1.807, 2.05) is 0 Å². The summed E-state index contributed by atoms with van der Waals surface area (Å²) in [7, 11) is 0. The molecule has 0 saturated carbocycles. The minimum Gasteiger partial charge on any atom is -0.345 e. The molecule has 1 aliphatic rings. The third-order valence-corrected chi connectivity index (χ3v) is 1.70. The van der Waals surface area contributed by atoms with Crippen LogP contribution >= 0.6 is 0 Å². The van der Waals surface area contributed by atoms with E-state index in [1.54, 1.807) is 6.20 Å². The average Bonchev–Trinajstić information content (AvgIpc) is 2.61. The molecule has 4 nitrogen and oxygen atoms in total. The second-order valence-electron chi connectivity index (χ2n) is 2.60. The zero-order valence-electron chi connectivity index (χ0n) is 6.65. The van der Waals surface area contributed by atoms with Gasteiger partial charge in [0.25, 0.3) is 0 Å². The summed E-state index contributed by atoms with van der Waals surface area (Å²) in [5, 5.41) is 0. The molecule has 1 heterocycles. The van der Waals surface area contributed by atoms with Crippen molar-refractivity contribution in [3.8, 4) is 0 Å². The Hall–Kier alpha value is -1.97. The maximum atomic E-state index is 11.3. The molecular formula is C9H6N2O2. The molecule has 0 bridgehead atoms. The van der Waals surface area contributed by atoms with Gasteiger partial charge in [0.1, 0.15) is 5.82 Å². The molecule has 0 unspecified atom stereocenters. The average molecular weight is 174 g/mol. The Morgan fingerprint density at radius 2 is 2.08 bits per heavy atom. The summed E-state index contributed by atoms with van der Waals surface area (Å²) in [4.78, 5) is 28.9. The summed E-state index contributed by atoms with van der Waals surface area (Å²) in [6.07, 6.45) is 6.91. The maximum Gasteiger partial charge on any atom is 0.189 e. The molecule has 0 spiro atoms. The van der Waals surface area contributed by atoms with Crippen molar-refractivity contribution in [1.29, 1.82) is 0 Å². The van der Waals surface area contributed by atoms with Crippen molar-refractivity contribution in [2.45, 2.75) is 0 Å². The molecule has 1 aromatic heterocycles. The van der Waals surface area contributed by atoms with E-state index in [0.29, 0.717) is 11.4 Å². The molecule has 1 N–H and O–H groups in total. The monoisotopic (exact) mass is 174 g/mol. The molecule has 0 fully saturated rings. The van der Waals surface area contributed by atoms with Crippen molar-refractivity contribution < 1.29 is 9.59 Å². The van der Waals surface area contributed by atoms with Crippen LogP contribution in [0.2, 0.25) is 0 Å². The first kappa shape index (κ1) is 7.67. The van der Waals surface area contributed by atoms with Crippen LogP contribution in [-0.2, 0) is 9.59 Å². The molecule has 0 amide bonds. The Labute approximate surface area is 74.0 Å². The molecule has 64 valence electrons. The molecule has 0 atom stereocenters. The van der Waals surface area contributed by atoms with Gasteiger partial charge in [0, 0.05) is 18.5 Å². The molecule has 4 heteroatoms. The van der Waals surface area contributed by atoms with Crippen molar-refractivity contribution in [3.05, 3.63) is 36.4 Å². The molecule has 1 aliphatic carbocycles. The van der Waals surface area contributed by atoms with E-state index in [9.17, 15) is 9.59 Å². The largest absolute Gasteiger partial charge is 0.345 e. The number of carbonyl (C=O) groups is 2. The number of hydrogen-bond donors (Lipinski definition) is 1. The summed E-state index contributed by atoms with van der Waals surface area (Å²) in [6.45, 7) is 0. The van der Waals surface area contributed by atoms with Crippen LogP contribution in [0.1, 0.15) is 5.82 Å². The smallest absolute Gasteiger partial charge is 0.189 e. The molecular weight excluding hydrogens is 168 g/mol. The summed E-state index contributed by atoms with van der Waals surface area (Å²) < 4.78 is 0. The van der Waals surface area contributed by atoms with Gasteiger partial charge in [-0.2, -0.15) is 0 Å². The van der Waals surface area contributed by atoms with Gasteiger partial charge in [0.15, 0.2) is 11.6 Å². The fourth-order valence-corrected chi connectivity index (χ4v) is 1.11. The Morgan fingerprint density at radius 1 is 1.23 bits per heavy atom. The molecule has 0 saturated heterocycles. The number of allylic oxidation sites excluding steroid dienone is 4. The summed E-state index contributed by atoms with van der Waals surface area (Å²) >= 11 is 0. The molecule has 13 heavy (non-hydrogen) atoms. The predicted molar refractivity (Wildman–Crippen MR) is 45.7 cm³/mol. The lowest BCUT2D eigenvalue weighted by molar-refractivity contribution is -0.113. The lowest BCUT2D eigenvalue weighted by Gasteiger charge is -2.02. The zero-order chi connectivity index (χ0) is 9.26. The van der Waals surface area contributed by atoms with Gasteiger partial charge in [-0.3, -0.25) is 9.59 Å². The van der Waals surface area contributed by atoms with Gasteiger partial charge in [0.2, 0.25) is 0 Å². The van der Waals surface area contributed by atoms with Crippen LogP contribution in [0.3, 0.4) is 0 Å². The van der Waals surface area contributed by atoms with E-state index in [1.165, 1.54) is 24.4 Å². The Kier molecular flexibility index (Phi) is 1.66. The van der Waals surface area contributed by atoms with Gasteiger partial charge in [0.05, 0.1) is 5.57 Å². The third kappa shape index (κ3) is 1.33. The van der Waals surface area contributed by atoms with Crippen LogP contribution in [0.15, 0.2) is 30.6 Å². The Morgan fingerprint density at radius 3 is 2.77 bits per heavy atom. The first-order valence-corrected chi connectivity index (χ1v) is 3.75. The zero-order valence-corrected chi connectivity index (χ0v) is 6.65. The van der Waals surface area contributed by atoms with Gasteiger partial charge in [-0.25, -0.2) is 4.98 Å². The molecule has 0 aliphatic heterocycles. The van der Waals surface area contributed by atoms with Crippen LogP contribution in [0.5, 0.6) is 0 Å². The van der Waals surface area contributed by atoms with Crippen LogP contribution in [0.4, 0.5) is 0 Å². The minimum absolute atomic E-state index is 0.189. The van der Waals surface area contributed by atoms with Gasteiger partial charge >= 0.3 is 0 Å². The number of hydrogen-bond acceptors (Lipinski definition) is 3. The summed E-state index contributed by atoms with van der Waals surface area (Å²) in [6, 6.07) is 0. The standard InChI is InChI=1S/C9H6N2O2/c12-6-1-2-8(13)7(5-6)9-10-3-4-11-9/h1-5H,(H,10,11). The summed E-state index contributed by atoms with van der Waals surface area (Å²) in [5.41, 5.74) is 0.317. The highest BCUT2D eigenvalue weighted by atomic mass is 16.1. The lowest BCUT2D eigenvalue weighted by atomic mass is 10.0. The number of carbonyl (C=O) groups excluding carboxylic acids is 2. The van der Waals surface area contributed by atoms with E-state index in [0.717, 1.165) is 0 Å². The van der Waals surface area contributed by atoms with Crippen molar-refractivity contribution in [1.82, 2.24) is 9.97 Å². The van der Waals surface area contributed by atoms with Crippen molar-refractivity contribution in [3.63, 3.8) is 0 Å². The SMILES string of the molecule is O=C1C=CC(=O)C(c2ncc[nH]2)=C1. The number of imidazole rings is 1. The Bertz CT molecular complexity index is 413. The third-order valence-electron chi connectivity index (χ3n) is 1.70. The van der Waals surface area contributed by atoms with E-state index < -0.39 is 0 Å². The second-order valence-corrected chi connectivity index (χ2v) is 2.60. The highest BCUT2D eigenvalue weighted by molar-refractivity contribution is 6.33. The number of H-pyrrole nitrogens is 1. The maximum absolute atomic E-state index is 11.3. The van der Waals surface area contributed by atoms with Gasteiger partial charge in [-0.1, -0.05) is 0 Å². The molecule has 1 aromatic rings. The van der Waals surface area contributed by atoms with Crippen molar-refractivity contribution in [2.24, 2.45) is 0 Å². The topological polar surface area (TPSA) is 62.8 Å². The molecule has 0 aromatic carbocycles. The number of aromatic nitrogens is 2. The van der Waals surface area contributed by atoms with E-state index in [-0.39, 0.29) is 11.6 Å². The van der Waals surface area contributed by atoms with Crippen molar-refractivity contribution >= 4 is 17.1 Å². The van der Waals surface area contributed by atoms with Gasteiger partial charge in [-0.15, -0.1) is 0 Å². The highest BCUT2D eigenvalue weighted by Gasteiger charge is 2.16. The number of rotatable bonds is 1. The number of aromatic amines is 1. The fraction of sp³-hybridized carbons (Fsp3) is 0. The van der Waals surface area contributed by atoms with Crippen LogP contribution in [0, 0.1) is 0 Å². The van der Waals surface area contributed by atoms with E-state index in [4.69, 9.17) is 0 Å². The van der Waals surface area contributed by atoms with Crippen LogP contribution in [0.25, 0.3) is 5.57 Å². The number of ketones is 2. The highest BCUT2D eigenvalue weighted by Crippen LogP contribution is 2.14. The van der Waals surface area contributed by atoms with Crippen molar-refractivity contribution in [2.75, 3.05) is 0 Å². The second kappa shape index (κ2) is 2.82. The number of nitrogens with one attached hydrogen (secondary N) is 1. The quantitative estimate of drug-likeness (QED) is 0.630. The molecule has 2 rings (SSSR count). The summed E-state index contributed by atoms with van der Waals surface area (Å²) in [5.74, 6) is 0.0447. The lowest BCUT2D eigenvalue weighted by Crippen LogP contribution is -2.07. The fourth-order valence-electron chi connectivity index (χ4n) is 1.11. The molecule has 0 radical (unpaired) electrons. The van der Waals surface area contributed by atoms with Gasteiger partial charge in [-0.05, 0) is 12.2 Å².